The van der Waals surface area contributed by atoms with E-state index in [4.69, 9.17) is 9.47 Å². The van der Waals surface area contributed by atoms with Gasteiger partial charge in [0.05, 0.1) is 0 Å². The molecule has 1 aliphatic heterocycles. The number of nitrogens with zero attached hydrogens (tertiary/aromatic N) is 1. The number of Topliss-reactive ketones (excluding diaryl/α,β-unsaturated/α-hetero) is 1. The van der Waals surface area contributed by atoms with Crippen LogP contribution < -0.4 is 20.1 Å². The molecule has 0 saturated carbocycles. The van der Waals surface area contributed by atoms with E-state index < -0.39 is 0 Å². The molecular formula is C21H17N3O4. The van der Waals surface area contributed by atoms with Gasteiger partial charge >= 0.3 is 0 Å². The third-order valence-electron chi connectivity index (χ3n) is 4.22. The van der Waals surface area contributed by atoms with E-state index in [1.165, 1.54) is 6.92 Å². The van der Waals surface area contributed by atoms with Crippen LogP contribution in [0.4, 0.5) is 17.2 Å². The number of anilines is 3. The van der Waals surface area contributed by atoms with Crippen LogP contribution in [-0.2, 0) is 0 Å². The van der Waals surface area contributed by atoms with Gasteiger partial charge in [-0.3, -0.25) is 9.59 Å². The molecule has 0 fully saturated rings. The number of carbonyl (C=O) groups is 2. The lowest BCUT2D eigenvalue weighted by Crippen LogP contribution is -2.12. The van der Waals surface area contributed by atoms with Gasteiger partial charge in [0, 0.05) is 34.8 Å². The Balaban J connectivity index is 1.47. The van der Waals surface area contributed by atoms with E-state index in [2.05, 4.69) is 15.6 Å². The highest BCUT2D eigenvalue weighted by molar-refractivity contribution is 6.04. The van der Waals surface area contributed by atoms with E-state index in [1.54, 1.807) is 60.8 Å². The maximum Gasteiger partial charge on any atom is 0.255 e. The molecule has 2 N–H and O–H groups in total. The Hall–Kier alpha value is -3.87. The lowest BCUT2D eigenvalue weighted by Gasteiger charge is -2.09. The third-order valence-corrected chi connectivity index (χ3v) is 4.22. The highest BCUT2D eigenvalue weighted by Gasteiger charge is 2.15. The second-order valence-corrected chi connectivity index (χ2v) is 6.21. The van der Waals surface area contributed by atoms with E-state index in [0.717, 1.165) is 5.69 Å². The summed E-state index contributed by atoms with van der Waals surface area (Å²) in [5.74, 6) is 1.52. The van der Waals surface area contributed by atoms with Crippen LogP contribution in [0.5, 0.6) is 11.5 Å². The van der Waals surface area contributed by atoms with Crippen molar-refractivity contribution in [2.24, 2.45) is 0 Å². The smallest absolute Gasteiger partial charge is 0.255 e. The summed E-state index contributed by atoms with van der Waals surface area (Å²) in [6.45, 7) is 1.70. The minimum absolute atomic E-state index is 0.00635. The fraction of sp³-hybridized carbons (Fsp3) is 0.0952. The molecule has 2 heterocycles. The van der Waals surface area contributed by atoms with Crippen molar-refractivity contribution in [3.8, 4) is 11.5 Å². The Morgan fingerprint density at radius 2 is 1.64 bits per heavy atom. The van der Waals surface area contributed by atoms with E-state index in [1.807, 2.05) is 0 Å². The number of ether oxygens (including phenoxy) is 2. The number of rotatable bonds is 5. The van der Waals surface area contributed by atoms with E-state index in [-0.39, 0.29) is 18.5 Å². The van der Waals surface area contributed by atoms with Crippen molar-refractivity contribution < 1.29 is 19.1 Å². The van der Waals surface area contributed by atoms with Gasteiger partial charge in [0.25, 0.3) is 5.91 Å². The van der Waals surface area contributed by atoms with Crippen LogP contribution in [0.25, 0.3) is 0 Å². The molecule has 3 aromatic rings. The molecule has 7 nitrogen and oxygen atoms in total. The molecule has 0 radical (unpaired) electrons. The first-order valence-corrected chi connectivity index (χ1v) is 8.63. The second kappa shape index (κ2) is 7.40. The van der Waals surface area contributed by atoms with E-state index >= 15 is 0 Å². The van der Waals surface area contributed by atoms with Crippen LogP contribution in [0.2, 0.25) is 0 Å². The van der Waals surface area contributed by atoms with Crippen LogP contribution in [0.3, 0.4) is 0 Å². The summed E-state index contributed by atoms with van der Waals surface area (Å²) in [6.07, 6.45) is 1.56. The molecule has 0 unspecified atom stereocenters. The molecule has 1 amide bonds. The van der Waals surface area contributed by atoms with Gasteiger partial charge in [-0.2, -0.15) is 0 Å². The van der Waals surface area contributed by atoms with Crippen molar-refractivity contribution in [1.29, 1.82) is 0 Å². The van der Waals surface area contributed by atoms with Crippen LogP contribution in [-0.4, -0.2) is 23.5 Å². The van der Waals surface area contributed by atoms with Gasteiger partial charge in [-0.25, -0.2) is 4.98 Å². The van der Waals surface area contributed by atoms with Crippen molar-refractivity contribution >= 4 is 28.9 Å². The van der Waals surface area contributed by atoms with Crippen molar-refractivity contribution in [2.45, 2.75) is 6.92 Å². The zero-order valence-corrected chi connectivity index (χ0v) is 15.1. The lowest BCUT2D eigenvalue weighted by atomic mass is 10.1. The number of ketones is 1. The molecular weight excluding hydrogens is 358 g/mol. The largest absolute Gasteiger partial charge is 0.454 e. The molecule has 0 atom stereocenters. The Labute approximate surface area is 161 Å². The maximum atomic E-state index is 12.6. The summed E-state index contributed by atoms with van der Waals surface area (Å²) >= 11 is 0. The fourth-order valence-corrected chi connectivity index (χ4v) is 2.75. The molecule has 2 aromatic carbocycles. The van der Waals surface area contributed by atoms with Gasteiger partial charge in [-0.05, 0) is 55.5 Å². The second-order valence-electron chi connectivity index (χ2n) is 6.21. The van der Waals surface area contributed by atoms with Gasteiger partial charge in [0.2, 0.25) is 6.79 Å². The molecule has 140 valence electrons. The quantitative estimate of drug-likeness (QED) is 0.655. The summed E-state index contributed by atoms with van der Waals surface area (Å²) in [6, 6.07) is 15.6. The number of fused-ring (bicyclic) bond motifs is 1. The average Bonchev–Trinajstić information content (AvgIpc) is 3.16. The van der Waals surface area contributed by atoms with Gasteiger partial charge in [0.15, 0.2) is 17.3 Å². The summed E-state index contributed by atoms with van der Waals surface area (Å²) in [4.78, 5) is 28.2. The Morgan fingerprint density at radius 1 is 0.893 bits per heavy atom. The fourth-order valence-electron chi connectivity index (χ4n) is 2.75. The van der Waals surface area contributed by atoms with E-state index in [0.29, 0.717) is 34.1 Å². The van der Waals surface area contributed by atoms with Gasteiger partial charge in [-0.15, -0.1) is 0 Å². The summed E-state index contributed by atoms with van der Waals surface area (Å²) in [5, 5.41) is 5.96. The molecule has 7 heteroatoms. The Morgan fingerprint density at radius 3 is 2.43 bits per heavy atom. The zero-order valence-electron chi connectivity index (χ0n) is 15.1. The summed E-state index contributed by atoms with van der Waals surface area (Å²) < 4.78 is 10.6. The number of amides is 1. The highest BCUT2D eigenvalue weighted by atomic mass is 16.7. The minimum atomic E-state index is -0.267. The normalized spacial score (nSPS) is 11.8. The summed E-state index contributed by atoms with van der Waals surface area (Å²) in [7, 11) is 0. The number of aromatic nitrogens is 1. The SMILES string of the molecule is CC(=O)c1ccc(Nc2cc(C(=O)Nc3ccc4c(c3)OCO4)ccn2)cc1. The first-order chi connectivity index (χ1) is 13.6. The third kappa shape index (κ3) is 3.78. The molecule has 1 aromatic heterocycles. The predicted molar refractivity (Wildman–Crippen MR) is 104 cm³/mol. The molecule has 0 bridgehead atoms. The zero-order chi connectivity index (χ0) is 19.5. The average molecular weight is 375 g/mol. The number of pyridine rings is 1. The Bertz CT molecular complexity index is 1050. The molecule has 0 aliphatic carbocycles. The highest BCUT2D eigenvalue weighted by Crippen LogP contribution is 2.34. The topological polar surface area (TPSA) is 89.6 Å². The molecule has 28 heavy (non-hydrogen) atoms. The molecule has 0 saturated heterocycles. The molecule has 1 aliphatic rings. The first-order valence-electron chi connectivity index (χ1n) is 8.63. The summed E-state index contributed by atoms with van der Waals surface area (Å²) in [5.41, 5.74) is 2.47. The minimum Gasteiger partial charge on any atom is -0.454 e. The monoisotopic (exact) mass is 375 g/mol. The van der Waals surface area contributed by atoms with Crippen LogP contribution >= 0.6 is 0 Å². The number of hydrogen-bond donors (Lipinski definition) is 2. The number of benzene rings is 2. The van der Waals surface area contributed by atoms with Crippen molar-refractivity contribution in [3.05, 3.63) is 71.9 Å². The van der Waals surface area contributed by atoms with Crippen molar-refractivity contribution in [3.63, 3.8) is 0 Å². The van der Waals surface area contributed by atoms with Gasteiger partial charge < -0.3 is 20.1 Å². The lowest BCUT2D eigenvalue weighted by molar-refractivity contribution is 0.101. The van der Waals surface area contributed by atoms with Crippen LogP contribution in [0, 0.1) is 0 Å². The Kier molecular flexibility index (Phi) is 4.63. The van der Waals surface area contributed by atoms with Crippen molar-refractivity contribution in [2.75, 3.05) is 17.4 Å². The maximum absolute atomic E-state index is 12.6. The van der Waals surface area contributed by atoms with Crippen LogP contribution in [0.1, 0.15) is 27.6 Å². The predicted octanol–water partition coefficient (Wildman–Crippen LogP) is 4.01. The number of nitrogens with one attached hydrogen (secondary N) is 2. The molecule has 4 rings (SSSR count). The van der Waals surface area contributed by atoms with Gasteiger partial charge in [-0.1, -0.05) is 0 Å². The first kappa shape index (κ1) is 17.5. The van der Waals surface area contributed by atoms with Crippen molar-refractivity contribution in [1.82, 2.24) is 4.98 Å². The molecule has 0 spiro atoms. The van der Waals surface area contributed by atoms with Gasteiger partial charge in [0.1, 0.15) is 5.82 Å². The standard InChI is InChI=1S/C21H17N3O4/c1-13(25)14-2-4-16(5-3-14)23-20-10-15(8-9-22-20)21(26)24-17-6-7-18-19(11-17)28-12-27-18/h2-11H,12H2,1H3,(H,22,23)(H,24,26). The number of hydrogen-bond acceptors (Lipinski definition) is 6. The van der Waals surface area contributed by atoms with Crippen LogP contribution in [0.15, 0.2) is 60.8 Å². The number of carbonyl (C=O) groups excluding carboxylic acids is 2. The van der Waals surface area contributed by atoms with E-state index in [9.17, 15) is 9.59 Å².